The molecule has 4 heteroatoms. The third kappa shape index (κ3) is 2.37. The monoisotopic (exact) mass is 272 g/mol. The molecule has 0 bridgehead atoms. The van der Waals surface area contributed by atoms with Crippen LogP contribution in [-0.4, -0.2) is 47.5 Å². The highest BCUT2D eigenvalue weighted by Crippen LogP contribution is 2.21. The Kier molecular flexibility index (Phi) is 3.59. The molecule has 1 aliphatic heterocycles. The Morgan fingerprint density at radius 1 is 1.45 bits per heavy atom. The summed E-state index contributed by atoms with van der Waals surface area (Å²) in [5.74, 6) is 0.177. The van der Waals surface area contributed by atoms with Crippen LogP contribution in [0.5, 0.6) is 0 Å². The number of para-hydroxylation sites is 1. The number of ketones is 1. The number of H-pyrrole nitrogens is 1. The molecular formula is C16H20N2O2. The van der Waals surface area contributed by atoms with Crippen molar-refractivity contribution in [2.24, 2.45) is 0 Å². The van der Waals surface area contributed by atoms with Gasteiger partial charge in [-0.2, -0.15) is 0 Å². The topological polar surface area (TPSA) is 45.3 Å². The summed E-state index contributed by atoms with van der Waals surface area (Å²) in [4.78, 5) is 18.1. The van der Waals surface area contributed by atoms with Gasteiger partial charge in [-0.15, -0.1) is 0 Å². The van der Waals surface area contributed by atoms with Crippen LogP contribution in [0.15, 0.2) is 30.5 Å². The van der Waals surface area contributed by atoms with E-state index in [0.29, 0.717) is 6.61 Å². The molecule has 0 spiro atoms. The zero-order valence-corrected chi connectivity index (χ0v) is 11.9. The minimum absolute atomic E-state index is 0.111. The van der Waals surface area contributed by atoms with E-state index in [0.717, 1.165) is 29.6 Å². The number of hydrogen-bond acceptors (Lipinski definition) is 3. The summed E-state index contributed by atoms with van der Waals surface area (Å²) < 4.78 is 5.54. The molecule has 1 saturated heterocycles. The van der Waals surface area contributed by atoms with Crippen LogP contribution >= 0.6 is 0 Å². The van der Waals surface area contributed by atoms with Crippen molar-refractivity contribution in [2.45, 2.75) is 26.0 Å². The predicted molar refractivity (Wildman–Crippen MR) is 79.1 cm³/mol. The highest BCUT2D eigenvalue weighted by atomic mass is 16.5. The first kappa shape index (κ1) is 13.3. The maximum atomic E-state index is 12.7. The number of fused-ring (bicyclic) bond motifs is 1. The van der Waals surface area contributed by atoms with Crippen molar-refractivity contribution >= 4 is 16.7 Å². The zero-order chi connectivity index (χ0) is 14.1. The lowest BCUT2D eigenvalue weighted by atomic mass is 10.0. The Hall–Kier alpha value is -1.65. The third-order valence-electron chi connectivity index (χ3n) is 4.05. The van der Waals surface area contributed by atoms with Gasteiger partial charge in [-0.25, -0.2) is 0 Å². The van der Waals surface area contributed by atoms with Crippen LogP contribution in [-0.2, 0) is 4.74 Å². The zero-order valence-electron chi connectivity index (χ0n) is 11.9. The molecule has 2 atom stereocenters. The first-order valence-electron chi connectivity index (χ1n) is 7.13. The second kappa shape index (κ2) is 5.38. The van der Waals surface area contributed by atoms with E-state index < -0.39 is 0 Å². The van der Waals surface area contributed by atoms with Crippen molar-refractivity contribution in [3.63, 3.8) is 0 Å². The van der Waals surface area contributed by atoms with Crippen LogP contribution in [0.25, 0.3) is 10.9 Å². The number of carbonyl (C=O) groups excluding carboxylic acids is 1. The number of carbonyl (C=O) groups is 1. The molecule has 20 heavy (non-hydrogen) atoms. The average molecular weight is 272 g/mol. The van der Waals surface area contributed by atoms with Gasteiger partial charge in [0.05, 0.1) is 18.8 Å². The van der Waals surface area contributed by atoms with Gasteiger partial charge in [-0.3, -0.25) is 9.69 Å². The fourth-order valence-electron chi connectivity index (χ4n) is 2.86. The van der Waals surface area contributed by atoms with Gasteiger partial charge in [-0.1, -0.05) is 18.2 Å². The molecule has 4 nitrogen and oxygen atoms in total. The standard InChI is InChI=1S/C16H20N2O2/c1-11-10-18(7-8-20-11)12(2)16(19)14-9-17-15-6-4-3-5-13(14)15/h3-6,9,11-12,17H,7-8,10H2,1-2H3/t11-,12+/m0/s1. The molecule has 1 aromatic carbocycles. The minimum atomic E-state index is -0.111. The Labute approximate surface area is 118 Å². The quantitative estimate of drug-likeness (QED) is 0.873. The second-order valence-corrected chi connectivity index (χ2v) is 5.46. The van der Waals surface area contributed by atoms with Crippen LogP contribution in [0.3, 0.4) is 0 Å². The summed E-state index contributed by atoms with van der Waals surface area (Å²) in [5, 5.41) is 1.01. The molecule has 1 aliphatic rings. The number of ether oxygens (including phenoxy) is 1. The van der Waals surface area contributed by atoms with Gasteiger partial charge >= 0.3 is 0 Å². The van der Waals surface area contributed by atoms with Crippen molar-refractivity contribution in [1.82, 2.24) is 9.88 Å². The highest BCUT2D eigenvalue weighted by Gasteiger charge is 2.27. The van der Waals surface area contributed by atoms with Crippen molar-refractivity contribution in [3.05, 3.63) is 36.0 Å². The minimum Gasteiger partial charge on any atom is -0.376 e. The largest absolute Gasteiger partial charge is 0.376 e. The number of Topliss-reactive ketones (excluding diaryl/α,β-unsaturated/α-hetero) is 1. The van der Waals surface area contributed by atoms with Crippen LogP contribution in [0.1, 0.15) is 24.2 Å². The van der Waals surface area contributed by atoms with Gasteiger partial charge < -0.3 is 9.72 Å². The van der Waals surface area contributed by atoms with Crippen molar-refractivity contribution in [2.75, 3.05) is 19.7 Å². The molecule has 0 radical (unpaired) electrons. The molecule has 1 fully saturated rings. The van der Waals surface area contributed by atoms with E-state index in [1.54, 1.807) is 0 Å². The maximum Gasteiger partial charge on any atom is 0.181 e. The third-order valence-corrected chi connectivity index (χ3v) is 4.05. The molecule has 0 amide bonds. The normalized spacial score (nSPS) is 22.0. The van der Waals surface area contributed by atoms with Crippen molar-refractivity contribution in [1.29, 1.82) is 0 Å². The number of aromatic amines is 1. The number of aromatic nitrogens is 1. The van der Waals surface area contributed by atoms with E-state index >= 15 is 0 Å². The molecule has 106 valence electrons. The van der Waals surface area contributed by atoms with E-state index in [2.05, 4.69) is 16.8 Å². The Morgan fingerprint density at radius 2 is 2.25 bits per heavy atom. The van der Waals surface area contributed by atoms with Crippen LogP contribution in [0.4, 0.5) is 0 Å². The second-order valence-electron chi connectivity index (χ2n) is 5.46. The van der Waals surface area contributed by atoms with Gasteiger partial charge in [0.15, 0.2) is 5.78 Å². The number of hydrogen-bond donors (Lipinski definition) is 1. The van der Waals surface area contributed by atoms with Crippen LogP contribution in [0, 0.1) is 0 Å². The smallest absolute Gasteiger partial charge is 0.181 e. The molecule has 2 heterocycles. The molecule has 3 rings (SSSR count). The lowest BCUT2D eigenvalue weighted by Gasteiger charge is -2.34. The van der Waals surface area contributed by atoms with E-state index in [1.807, 2.05) is 37.4 Å². The summed E-state index contributed by atoms with van der Waals surface area (Å²) in [6.07, 6.45) is 2.02. The van der Waals surface area contributed by atoms with Gasteiger partial charge in [0.25, 0.3) is 0 Å². The van der Waals surface area contributed by atoms with E-state index in [4.69, 9.17) is 4.74 Å². The Morgan fingerprint density at radius 3 is 3.05 bits per heavy atom. The Bertz CT molecular complexity index is 620. The molecule has 2 aromatic rings. The highest BCUT2D eigenvalue weighted by molar-refractivity contribution is 6.10. The number of morpholine rings is 1. The molecule has 1 aromatic heterocycles. The molecular weight excluding hydrogens is 252 g/mol. The molecule has 0 aliphatic carbocycles. The van der Waals surface area contributed by atoms with Crippen molar-refractivity contribution < 1.29 is 9.53 Å². The first-order valence-corrected chi connectivity index (χ1v) is 7.13. The summed E-state index contributed by atoms with van der Waals surface area (Å²) in [7, 11) is 0. The number of rotatable bonds is 3. The molecule has 0 unspecified atom stereocenters. The predicted octanol–water partition coefficient (Wildman–Crippen LogP) is 2.46. The number of nitrogens with one attached hydrogen (secondary N) is 1. The van der Waals surface area contributed by atoms with E-state index in [9.17, 15) is 4.79 Å². The molecule has 1 N–H and O–H groups in total. The fraction of sp³-hybridized carbons (Fsp3) is 0.438. The number of nitrogens with zero attached hydrogens (tertiary/aromatic N) is 1. The summed E-state index contributed by atoms with van der Waals surface area (Å²) in [5.41, 5.74) is 1.80. The van der Waals surface area contributed by atoms with Gasteiger partial charge in [0.2, 0.25) is 0 Å². The van der Waals surface area contributed by atoms with Crippen LogP contribution in [0.2, 0.25) is 0 Å². The van der Waals surface area contributed by atoms with Gasteiger partial charge in [0, 0.05) is 35.8 Å². The fourth-order valence-corrected chi connectivity index (χ4v) is 2.86. The number of benzene rings is 1. The van der Waals surface area contributed by atoms with Gasteiger partial charge in [0.1, 0.15) is 0 Å². The first-order chi connectivity index (χ1) is 9.66. The molecule has 0 saturated carbocycles. The summed E-state index contributed by atoms with van der Waals surface area (Å²) in [6.45, 7) is 6.37. The van der Waals surface area contributed by atoms with E-state index in [1.165, 1.54) is 0 Å². The average Bonchev–Trinajstić information content (AvgIpc) is 2.89. The lowest BCUT2D eigenvalue weighted by molar-refractivity contribution is -0.0277. The van der Waals surface area contributed by atoms with E-state index in [-0.39, 0.29) is 17.9 Å². The summed E-state index contributed by atoms with van der Waals surface area (Å²) >= 11 is 0. The van der Waals surface area contributed by atoms with Crippen molar-refractivity contribution in [3.8, 4) is 0 Å². The lowest BCUT2D eigenvalue weighted by Crippen LogP contribution is -2.48. The van der Waals surface area contributed by atoms with Gasteiger partial charge in [-0.05, 0) is 19.9 Å². The SMILES string of the molecule is C[C@H](C(=O)c1c[nH]c2ccccc12)N1CCO[C@@H](C)C1. The summed E-state index contributed by atoms with van der Waals surface area (Å²) in [6, 6.07) is 7.82. The van der Waals surface area contributed by atoms with Crippen LogP contribution < -0.4 is 0 Å². The Balaban J connectivity index is 1.84. The maximum absolute atomic E-state index is 12.7.